The number of ether oxygens (including phenoxy) is 1. The number of isocyanates is 1. The van der Waals surface area contributed by atoms with Crippen LogP contribution in [0.4, 0.5) is 4.79 Å². The summed E-state index contributed by atoms with van der Waals surface area (Å²) < 4.78 is 4.15. The topological polar surface area (TPSA) is 88.0 Å². The Bertz CT molecular complexity index is 126. The molecular formula is C7H18N2O4. The van der Waals surface area contributed by atoms with Crippen LogP contribution < -0.4 is 5.32 Å². The molecule has 0 spiro atoms. The zero-order chi connectivity index (χ0) is 10.4. The molecule has 0 aromatic carbocycles. The molecule has 80 valence electrons. The third kappa shape index (κ3) is 60.4. The van der Waals surface area contributed by atoms with Gasteiger partial charge in [-0.25, -0.2) is 14.6 Å². The second kappa shape index (κ2) is 31.1. The minimum atomic E-state index is -0.407. The molecule has 0 saturated carbocycles. The smallest absolute Gasteiger partial charge is 0.406 e. The normalized spacial score (nSPS) is 5.00. The summed E-state index contributed by atoms with van der Waals surface area (Å²) in [6, 6.07) is 0. The van der Waals surface area contributed by atoms with E-state index < -0.39 is 6.09 Å². The van der Waals surface area contributed by atoms with Crippen LogP contribution >= 0.6 is 0 Å². The molecule has 0 heterocycles. The van der Waals surface area contributed by atoms with Gasteiger partial charge >= 0.3 is 6.09 Å². The molecule has 0 aromatic rings. The first-order chi connectivity index (χ1) is 5.72. The van der Waals surface area contributed by atoms with Crippen LogP contribution in [0.1, 0.15) is 7.43 Å². The minimum Gasteiger partial charge on any atom is -0.453 e. The molecule has 2 N–H and O–H groups in total. The van der Waals surface area contributed by atoms with E-state index in [1.807, 2.05) is 0 Å². The molecule has 6 nitrogen and oxygen atoms in total. The molecule has 0 rings (SSSR count). The number of nitrogens with one attached hydrogen (secondary N) is 1. The summed E-state index contributed by atoms with van der Waals surface area (Å²) in [5.41, 5.74) is 0. The Balaban J connectivity index is -0.0000000512. The van der Waals surface area contributed by atoms with E-state index in [0.717, 1.165) is 7.11 Å². The quantitative estimate of drug-likeness (QED) is 0.425. The van der Waals surface area contributed by atoms with Crippen molar-refractivity contribution in [1.29, 1.82) is 0 Å². The summed E-state index contributed by atoms with van der Waals surface area (Å²) in [5.74, 6) is 0. The number of aliphatic hydroxyl groups is 1. The number of aliphatic imine (C=N–C) groups is 1. The van der Waals surface area contributed by atoms with Crippen molar-refractivity contribution in [3.63, 3.8) is 0 Å². The number of carbonyl (C=O) groups excluding carboxylic acids is 2. The predicted molar refractivity (Wildman–Crippen MR) is 50.4 cm³/mol. The fourth-order valence-corrected chi connectivity index (χ4v) is 0.102. The van der Waals surface area contributed by atoms with Gasteiger partial charge in [-0.15, -0.1) is 0 Å². The molecule has 0 aliphatic rings. The SMILES string of the molecule is C.CN=C=O.CNC(=O)OC.CO. The molecule has 13 heavy (non-hydrogen) atoms. The minimum absolute atomic E-state index is 0. The fraction of sp³-hybridized carbons (Fsp3) is 0.714. The van der Waals surface area contributed by atoms with E-state index in [9.17, 15) is 4.79 Å². The zero-order valence-corrected chi connectivity index (χ0v) is 7.62. The molecule has 0 fully saturated rings. The third-order valence-corrected chi connectivity index (χ3v) is 0.481. The Morgan fingerprint density at radius 3 is 1.85 bits per heavy atom. The highest BCUT2D eigenvalue weighted by atomic mass is 16.5. The van der Waals surface area contributed by atoms with Crippen LogP contribution in [0.2, 0.25) is 0 Å². The van der Waals surface area contributed by atoms with Gasteiger partial charge < -0.3 is 15.2 Å². The van der Waals surface area contributed by atoms with E-state index in [0.29, 0.717) is 0 Å². The first-order valence-corrected chi connectivity index (χ1v) is 2.89. The summed E-state index contributed by atoms with van der Waals surface area (Å²) in [5, 5.41) is 9.25. The molecule has 0 unspecified atom stereocenters. The van der Waals surface area contributed by atoms with Gasteiger partial charge in [0.25, 0.3) is 0 Å². The van der Waals surface area contributed by atoms with E-state index in [-0.39, 0.29) is 7.43 Å². The number of hydrogen-bond donors (Lipinski definition) is 2. The van der Waals surface area contributed by atoms with Gasteiger partial charge in [0, 0.05) is 21.2 Å². The molecule has 0 radical (unpaired) electrons. The number of carbonyl (C=O) groups is 1. The molecule has 0 aliphatic carbocycles. The van der Waals surface area contributed by atoms with Crippen molar-refractivity contribution < 1.29 is 19.4 Å². The van der Waals surface area contributed by atoms with Gasteiger partial charge in [-0.05, 0) is 0 Å². The van der Waals surface area contributed by atoms with Crippen LogP contribution in [0.15, 0.2) is 4.99 Å². The highest BCUT2D eigenvalue weighted by Crippen LogP contribution is 1.62. The lowest BCUT2D eigenvalue weighted by Gasteiger charge is -1.90. The molecule has 0 saturated heterocycles. The Labute approximate surface area is 78.6 Å². The summed E-state index contributed by atoms with van der Waals surface area (Å²) in [7, 11) is 5.21. The molecule has 0 aliphatic heterocycles. The van der Waals surface area contributed by atoms with Crippen LogP contribution in [-0.4, -0.2) is 45.6 Å². The largest absolute Gasteiger partial charge is 0.453 e. The van der Waals surface area contributed by atoms with Crippen molar-refractivity contribution in [3.8, 4) is 0 Å². The number of rotatable bonds is 0. The number of nitrogens with zero attached hydrogens (tertiary/aromatic N) is 1. The predicted octanol–water partition coefficient (Wildman–Crippen LogP) is 0.169. The lowest BCUT2D eigenvalue weighted by atomic mass is 11.1. The highest BCUT2D eigenvalue weighted by Gasteiger charge is 1.85. The Kier molecular flexibility index (Phi) is 54.0. The fourth-order valence-electron chi connectivity index (χ4n) is 0.102. The van der Waals surface area contributed by atoms with Crippen molar-refractivity contribution in [2.45, 2.75) is 7.43 Å². The second-order valence-electron chi connectivity index (χ2n) is 1.06. The molecule has 0 bridgehead atoms. The van der Waals surface area contributed by atoms with Crippen LogP contribution in [0.3, 0.4) is 0 Å². The van der Waals surface area contributed by atoms with Crippen molar-refractivity contribution in [3.05, 3.63) is 0 Å². The van der Waals surface area contributed by atoms with Crippen LogP contribution in [0.25, 0.3) is 0 Å². The molecule has 1 amide bonds. The van der Waals surface area contributed by atoms with Gasteiger partial charge in [-0.3, -0.25) is 0 Å². The molecule has 0 aromatic heterocycles. The van der Waals surface area contributed by atoms with Gasteiger partial charge in [-0.1, -0.05) is 7.43 Å². The van der Waals surface area contributed by atoms with Gasteiger partial charge in [0.2, 0.25) is 6.08 Å². The average Bonchev–Trinajstić information content (AvgIpc) is 2.20. The maximum Gasteiger partial charge on any atom is 0.406 e. The van der Waals surface area contributed by atoms with Crippen LogP contribution in [-0.2, 0) is 9.53 Å². The summed E-state index contributed by atoms with van der Waals surface area (Å²) in [6.07, 6.45) is 0.898. The van der Waals surface area contributed by atoms with Crippen molar-refractivity contribution in [1.82, 2.24) is 5.32 Å². The maximum atomic E-state index is 9.85. The summed E-state index contributed by atoms with van der Waals surface area (Å²) >= 11 is 0. The first kappa shape index (κ1) is 22.6. The van der Waals surface area contributed by atoms with Crippen molar-refractivity contribution in [2.75, 3.05) is 28.3 Å². The zero-order valence-electron chi connectivity index (χ0n) is 7.62. The lowest BCUT2D eigenvalue weighted by molar-refractivity contribution is 0.173. The van der Waals surface area contributed by atoms with E-state index in [4.69, 9.17) is 9.90 Å². The van der Waals surface area contributed by atoms with Crippen molar-refractivity contribution in [2.24, 2.45) is 4.99 Å². The maximum absolute atomic E-state index is 9.85. The number of alkyl carbamates (subject to hydrolysis) is 1. The van der Waals surface area contributed by atoms with Crippen LogP contribution in [0.5, 0.6) is 0 Å². The van der Waals surface area contributed by atoms with Gasteiger partial charge in [0.15, 0.2) is 0 Å². The first-order valence-electron chi connectivity index (χ1n) is 2.89. The monoisotopic (exact) mass is 194 g/mol. The second-order valence-corrected chi connectivity index (χ2v) is 1.06. The van der Waals surface area contributed by atoms with Crippen molar-refractivity contribution >= 4 is 12.2 Å². The Hall–Kier alpha value is -1.39. The number of hydrogen-bond acceptors (Lipinski definition) is 5. The van der Waals surface area contributed by atoms with Gasteiger partial charge in [0.1, 0.15) is 0 Å². The van der Waals surface area contributed by atoms with Gasteiger partial charge in [-0.2, -0.15) is 0 Å². The molecular weight excluding hydrogens is 176 g/mol. The highest BCUT2D eigenvalue weighted by molar-refractivity contribution is 5.66. The lowest BCUT2D eigenvalue weighted by Crippen LogP contribution is -2.16. The number of aliphatic hydroxyl groups excluding tert-OH is 1. The van der Waals surface area contributed by atoms with E-state index in [1.54, 1.807) is 0 Å². The summed E-state index contributed by atoms with van der Waals surface area (Å²) in [4.78, 5) is 21.7. The molecule has 6 heteroatoms. The summed E-state index contributed by atoms with van der Waals surface area (Å²) in [6.45, 7) is 0. The molecule has 0 atom stereocenters. The average molecular weight is 194 g/mol. The van der Waals surface area contributed by atoms with E-state index >= 15 is 0 Å². The number of amides is 1. The Morgan fingerprint density at radius 2 is 1.85 bits per heavy atom. The third-order valence-electron chi connectivity index (χ3n) is 0.481. The van der Waals surface area contributed by atoms with E-state index in [1.165, 1.54) is 27.3 Å². The Morgan fingerprint density at radius 1 is 1.54 bits per heavy atom. The van der Waals surface area contributed by atoms with Crippen LogP contribution in [0, 0.1) is 0 Å². The van der Waals surface area contributed by atoms with Gasteiger partial charge in [0.05, 0.1) is 7.11 Å². The number of methoxy groups -OCH3 is 1. The van der Waals surface area contributed by atoms with E-state index in [2.05, 4.69) is 15.0 Å². The standard InChI is InChI=1S/C3H7NO2.C2H3NO.CH4O.CH4/c1-4-3(5)6-2;1-3-2-4;1-2;/h1-2H3,(H,4,5);1H3;2H,1H3;1H4.